The second-order valence-electron chi connectivity index (χ2n) is 9.54. The molecule has 11 heteroatoms. The van der Waals surface area contributed by atoms with Gasteiger partial charge < -0.3 is 14.6 Å². The Morgan fingerprint density at radius 3 is 2.91 bits per heavy atom. The number of nitrogens with zero attached hydrogens (tertiary/aromatic N) is 5. The van der Waals surface area contributed by atoms with Gasteiger partial charge in [-0.1, -0.05) is 11.6 Å². The highest BCUT2D eigenvalue weighted by Crippen LogP contribution is 2.50. The number of hydrogen-bond donors (Lipinski definition) is 1. The van der Waals surface area contributed by atoms with E-state index in [0.29, 0.717) is 27.2 Å². The number of anilines is 1. The molecular weight excluding hydrogens is 475 g/mol. The van der Waals surface area contributed by atoms with E-state index in [9.17, 15) is 14.0 Å². The van der Waals surface area contributed by atoms with E-state index in [2.05, 4.69) is 15.5 Å². The minimum absolute atomic E-state index is 0.0448. The first-order valence-corrected chi connectivity index (χ1v) is 11.6. The van der Waals surface area contributed by atoms with Gasteiger partial charge in [0, 0.05) is 49.4 Å². The summed E-state index contributed by atoms with van der Waals surface area (Å²) in [5.74, 6) is -0.162. The van der Waals surface area contributed by atoms with Crippen molar-refractivity contribution < 1.29 is 13.9 Å². The van der Waals surface area contributed by atoms with Gasteiger partial charge in [0.05, 0.1) is 28.7 Å². The molecule has 0 unspecified atom stereocenters. The van der Waals surface area contributed by atoms with Crippen molar-refractivity contribution in [2.75, 3.05) is 25.0 Å². The molecule has 1 aliphatic carbocycles. The van der Waals surface area contributed by atoms with Crippen molar-refractivity contribution >= 4 is 39.6 Å². The largest absolute Gasteiger partial charge is 0.490 e. The molecule has 1 saturated carbocycles. The zero-order valence-electron chi connectivity index (χ0n) is 18.9. The number of ether oxygens (including phenoxy) is 1. The van der Waals surface area contributed by atoms with E-state index in [-0.39, 0.29) is 35.2 Å². The SMILES string of the molecule is Cn1ccc2c(OC3CC4(C3)CN(CC(=O)Nc3cc5nncn5cc3F)C4)ccc(Cl)c2c1=O. The maximum atomic E-state index is 14.2. The van der Waals surface area contributed by atoms with Gasteiger partial charge in [0.25, 0.3) is 5.56 Å². The molecule has 2 aliphatic rings. The number of fused-ring (bicyclic) bond motifs is 2. The summed E-state index contributed by atoms with van der Waals surface area (Å²) in [5.41, 5.74) is 0.527. The van der Waals surface area contributed by atoms with Gasteiger partial charge in [0.2, 0.25) is 5.91 Å². The van der Waals surface area contributed by atoms with Gasteiger partial charge in [-0.3, -0.25) is 18.9 Å². The molecule has 4 heterocycles. The number of pyridine rings is 2. The second kappa shape index (κ2) is 8.03. The van der Waals surface area contributed by atoms with Crippen molar-refractivity contribution in [2.45, 2.75) is 18.9 Å². The molecule has 1 amide bonds. The number of halogens is 2. The Kier molecular flexibility index (Phi) is 5.05. The molecule has 2 fully saturated rings. The number of likely N-dealkylation sites (tertiary alicyclic amines) is 1. The van der Waals surface area contributed by atoms with Gasteiger partial charge in [-0.15, -0.1) is 10.2 Å². The lowest BCUT2D eigenvalue weighted by molar-refractivity contribution is -0.134. The van der Waals surface area contributed by atoms with Gasteiger partial charge in [0.15, 0.2) is 11.5 Å². The lowest BCUT2D eigenvalue weighted by Gasteiger charge is -2.58. The van der Waals surface area contributed by atoms with Crippen LogP contribution in [0, 0.1) is 11.2 Å². The first-order chi connectivity index (χ1) is 16.8. The van der Waals surface area contributed by atoms with Crippen molar-refractivity contribution in [2.24, 2.45) is 12.5 Å². The molecule has 1 aliphatic heterocycles. The van der Waals surface area contributed by atoms with E-state index >= 15 is 0 Å². The lowest BCUT2D eigenvalue weighted by atomic mass is 9.61. The molecule has 1 N–H and O–H groups in total. The maximum absolute atomic E-state index is 14.2. The minimum atomic E-state index is -0.544. The van der Waals surface area contributed by atoms with E-state index in [1.54, 1.807) is 19.3 Å². The number of rotatable bonds is 5. The van der Waals surface area contributed by atoms with E-state index in [1.165, 1.54) is 27.6 Å². The van der Waals surface area contributed by atoms with Gasteiger partial charge in [-0.05, 0) is 31.0 Å². The van der Waals surface area contributed by atoms with Crippen LogP contribution in [0.5, 0.6) is 5.75 Å². The maximum Gasteiger partial charge on any atom is 0.259 e. The molecule has 180 valence electrons. The van der Waals surface area contributed by atoms with Gasteiger partial charge in [-0.2, -0.15) is 0 Å². The zero-order chi connectivity index (χ0) is 24.3. The van der Waals surface area contributed by atoms with Crippen LogP contribution in [0.3, 0.4) is 0 Å². The quantitative estimate of drug-likeness (QED) is 0.456. The second-order valence-corrected chi connectivity index (χ2v) is 9.95. The molecule has 6 rings (SSSR count). The Morgan fingerprint density at radius 1 is 1.31 bits per heavy atom. The lowest BCUT2D eigenvalue weighted by Crippen LogP contribution is -2.65. The number of aromatic nitrogens is 4. The van der Waals surface area contributed by atoms with Crippen LogP contribution in [-0.2, 0) is 11.8 Å². The Bertz CT molecular complexity index is 1540. The van der Waals surface area contributed by atoms with Crippen LogP contribution in [0.15, 0.2) is 47.8 Å². The highest BCUT2D eigenvalue weighted by Gasteiger charge is 2.53. The summed E-state index contributed by atoms with van der Waals surface area (Å²) >= 11 is 6.27. The highest BCUT2D eigenvalue weighted by atomic mass is 35.5. The fourth-order valence-electron chi connectivity index (χ4n) is 5.26. The van der Waals surface area contributed by atoms with Crippen LogP contribution < -0.4 is 15.6 Å². The number of carbonyl (C=O) groups is 1. The van der Waals surface area contributed by atoms with Crippen LogP contribution in [0.25, 0.3) is 16.4 Å². The van der Waals surface area contributed by atoms with Gasteiger partial charge in [-0.25, -0.2) is 4.39 Å². The van der Waals surface area contributed by atoms with E-state index in [4.69, 9.17) is 16.3 Å². The summed E-state index contributed by atoms with van der Waals surface area (Å²) in [7, 11) is 1.69. The number of benzene rings is 1. The minimum Gasteiger partial charge on any atom is -0.490 e. The summed E-state index contributed by atoms with van der Waals surface area (Å²) < 4.78 is 23.4. The fraction of sp³-hybridized carbons (Fsp3) is 0.333. The van der Waals surface area contributed by atoms with Crippen LogP contribution in [0.2, 0.25) is 5.02 Å². The standard InChI is InChI=1S/C24H22ClFN6O3/c1-30-5-4-15-19(3-2-16(25)22(15)23(30)34)35-14-7-24(8-14)11-31(12-24)10-21(33)28-18-6-20-29-27-13-32(20)9-17(18)26/h2-6,9,13-14H,7-8,10-12H2,1H3,(H,28,33). The average Bonchev–Trinajstić information content (AvgIpc) is 3.21. The summed E-state index contributed by atoms with van der Waals surface area (Å²) in [6, 6.07) is 6.81. The van der Waals surface area contributed by atoms with Crippen LogP contribution in [0.4, 0.5) is 10.1 Å². The highest BCUT2D eigenvalue weighted by molar-refractivity contribution is 6.35. The van der Waals surface area contributed by atoms with Gasteiger partial charge in [0.1, 0.15) is 12.1 Å². The van der Waals surface area contributed by atoms with Crippen LogP contribution >= 0.6 is 11.6 Å². The molecule has 9 nitrogen and oxygen atoms in total. The molecule has 35 heavy (non-hydrogen) atoms. The first-order valence-electron chi connectivity index (χ1n) is 11.3. The van der Waals surface area contributed by atoms with Crippen molar-refractivity contribution in [1.29, 1.82) is 0 Å². The van der Waals surface area contributed by atoms with Crippen LogP contribution in [-0.4, -0.2) is 55.7 Å². The topological polar surface area (TPSA) is 93.8 Å². The smallest absolute Gasteiger partial charge is 0.259 e. The number of nitrogens with one attached hydrogen (secondary N) is 1. The summed E-state index contributed by atoms with van der Waals surface area (Å²) in [6.07, 6.45) is 6.14. The molecule has 1 aromatic carbocycles. The molecule has 1 spiro atoms. The number of aryl methyl sites for hydroxylation is 1. The Labute approximate surface area is 204 Å². The summed E-state index contributed by atoms with van der Waals surface area (Å²) in [5, 5.41) is 11.8. The third-order valence-corrected chi connectivity index (χ3v) is 7.23. The number of amides is 1. The molecule has 0 radical (unpaired) electrons. The zero-order valence-corrected chi connectivity index (χ0v) is 19.6. The third kappa shape index (κ3) is 3.82. The molecular formula is C24H22ClFN6O3. The third-order valence-electron chi connectivity index (χ3n) is 6.91. The normalized spacial score (nSPS) is 17.5. The predicted octanol–water partition coefficient (Wildman–Crippen LogP) is 2.86. The van der Waals surface area contributed by atoms with Crippen molar-refractivity contribution in [1.82, 2.24) is 24.1 Å². The Hall–Kier alpha value is -3.50. The van der Waals surface area contributed by atoms with Crippen molar-refractivity contribution in [3.05, 3.63) is 64.2 Å². The van der Waals surface area contributed by atoms with E-state index < -0.39 is 5.82 Å². The molecule has 1 saturated heterocycles. The monoisotopic (exact) mass is 496 g/mol. The predicted molar refractivity (Wildman–Crippen MR) is 128 cm³/mol. The van der Waals surface area contributed by atoms with Crippen molar-refractivity contribution in [3.63, 3.8) is 0 Å². The average molecular weight is 497 g/mol. The first kappa shape index (κ1) is 22.0. The molecule has 3 aromatic heterocycles. The van der Waals surface area contributed by atoms with E-state index in [0.717, 1.165) is 25.9 Å². The summed E-state index contributed by atoms with van der Waals surface area (Å²) in [4.78, 5) is 27.0. The Balaban J connectivity index is 1.04. The number of carbonyl (C=O) groups excluding carboxylic acids is 1. The van der Waals surface area contributed by atoms with Crippen molar-refractivity contribution in [3.8, 4) is 5.75 Å². The summed E-state index contributed by atoms with van der Waals surface area (Å²) in [6.45, 7) is 1.76. The van der Waals surface area contributed by atoms with Crippen LogP contribution in [0.1, 0.15) is 12.8 Å². The molecule has 4 aromatic rings. The van der Waals surface area contributed by atoms with Gasteiger partial charge >= 0.3 is 0 Å². The number of hydrogen-bond acceptors (Lipinski definition) is 6. The fourth-order valence-corrected chi connectivity index (χ4v) is 5.51. The molecule has 0 atom stereocenters. The van der Waals surface area contributed by atoms with E-state index in [1.807, 2.05) is 17.0 Å². The molecule has 0 bridgehead atoms. The Morgan fingerprint density at radius 2 is 2.11 bits per heavy atom.